The summed E-state index contributed by atoms with van der Waals surface area (Å²) < 4.78 is 24.7. The van der Waals surface area contributed by atoms with Gasteiger partial charge in [-0.1, -0.05) is 31.2 Å². The number of hydrogen-bond acceptors (Lipinski definition) is 5. The van der Waals surface area contributed by atoms with Crippen molar-refractivity contribution in [2.45, 2.75) is 33.4 Å². The number of rotatable bonds is 11. The number of halogens is 1. The van der Waals surface area contributed by atoms with Crippen LogP contribution in [-0.2, 0) is 29.0 Å². The zero-order valence-electron chi connectivity index (χ0n) is 22.7. The molecular formula is C30H37FN4O4. The van der Waals surface area contributed by atoms with Crippen molar-refractivity contribution < 1.29 is 23.1 Å². The third-order valence-corrected chi connectivity index (χ3v) is 6.80. The Bertz CT molecular complexity index is 1210. The fourth-order valence-electron chi connectivity index (χ4n) is 4.43. The Morgan fingerprint density at radius 2 is 1.62 bits per heavy atom. The molecule has 1 N–H and O–H groups in total. The molecule has 0 atom stereocenters. The van der Waals surface area contributed by atoms with E-state index in [4.69, 9.17) is 9.15 Å². The number of hydrogen-bond donors (Lipinski definition) is 1. The molecule has 3 amide bonds. The molecule has 0 radical (unpaired) electrons. The number of nitrogens with zero attached hydrogens (tertiary/aromatic N) is 3. The average molecular weight is 537 g/mol. The maximum atomic E-state index is 13.7. The van der Waals surface area contributed by atoms with E-state index in [0.29, 0.717) is 37.8 Å². The fourth-order valence-corrected chi connectivity index (χ4v) is 4.43. The molecule has 8 nitrogen and oxygen atoms in total. The Morgan fingerprint density at radius 1 is 0.923 bits per heavy atom. The lowest BCUT2D eigenvalue weighted by atomic mass is 10.1. The van der Waals surface area contributed by atoms with Crippen molar-refractivity contribution in [1.29, 1.82) is 0 Å². The van der Waals surface area contributed by atoms with Crippen LogP contribution < -0.4 is 5.32 Å². The van der Waals surface area contributed by atoms with Gasteiger partial charge < -0.3 is 24.3 Å². The quantitative estimate of drug-likeness (QED) is 0.385. The molecule has 2 aromatic carbocycles. The largest absolute Gasteiger partial charge is 0.464 e. The summed E-state index contributed by atoms with van der Waals surface area (Å²) in [6.07, 6.45) is 0.910. The number of amides is 3. The van der Waals surface area contributed by atoms with Gasteiger partial charge in [-0.2, -0.15) is 0 Å². The van der Waals surface area contributed by atoms with Gasteiger partial charge in [0.15, 0.2) is 0 Å². The van der Waals surface area contributed by atoms with Gasteiger partial charge in [-0.3, -0.25) is 9.69 Å². The fraction of sp³-hybridized carbons (Fsp3) is 0.400. The summed E-state index contributed by atoms with van der Waals surface area (Å²) in [4.78, 5) is 32.5. The number of aryl methyl sites for hydroxylation is 2. The molecular weight excluding hydrogens is 499 g/mol. The second-order valence-electron chi connectivity index (χ2n) is 9.74. The summed E-state index contributed by atoms with van der Waals surface area (Å²) in [5.74, 6) is 0.825. The van der Waals surface area contributed by atoms with Crippen LogP contribution in [0.5, 0.6) is 0 Å². The van der Waals surface area contributed by atoms with Gasteiger partial charge in [0.1, 0.15) is 23.9 Å². The summed E-state index contributed by atoms with van der Waals surface area (Å²) in [6.45, 7) is 8.22. The zero-order valence-corrected chi connectivity index (χ0v) is 22.7. The lowest BCUT2D eigenvalue weighted by Gasteiger charge is -2.31. The van der Waals surface area contributed by atoms with Gasteiger partial charge in [0.25, 0.3) is 0 Å². The standard InChI is InChI=1S/C30H37FN4O4/c1-3-24-7-11-27(12-8-24)32-30(37)34(15-14-33-16-18-38-19-17-33)22-29(36)35(21-28-13-4-23(2)39-28)20-25-5-9-26(31)10-6-25/h4-13H,3,14-22H2,1-2H3,(H,32,37). The first-order valence-corrected chi connectivity index (χ1v) is 13.4. The van der Waals surface area contributed by atoms with Crippen molar-refractivity contribution >= 4 is 17.6 Å². The van der Waals surface area contributed by atoms with Gasteiger partial charge in [0.2, 0.25) is 5.91 Å². The first-order valence-electron chi connectivity index (χ1n) is 13.4. The summed E-state index contributed by atoms with van der Waals surface area (Å²) in [6, 6.07) is 17.1. The second-order valence-corrected chi connectivity index (χ2v) is 9.74. The van der Waals surface area contributed by atoms with Crippen LogP contribution >= 0.6 is 0 Å². The van der Waals surface area contributed by atoms with E-state index in [-0.39, 0.29) is 37.4 Å². The van der Waals surface area contributed by atoms with E-state index < -0.39 is 0 Å². The molecule has 1 fully saturated rings. The number of nitrogens with one attached hydrogen (secondary N) is 1. The molecule has 0 aliphatic carbocycles. The molecule has 0 unspecified atom stereocenters. The number of carbonyl (C=O) groups excluding carboxylic acids is 2. The Labute approximate surface area is 229 Å². The minimum Gasteiger partial charge on any atom is -0.464 e. The molecule has 4 rings (SSSR count). The van der Waals surface area contributed by atoms with E-state index in [1.54, 1.807) is 21.9 Å². The molecule has 1 saturated heterocycles. The van der Waals surface area contributed by atoms with Crippen LogP contribution in [0.2, 0.25) is 0 Å². The minimum atomic E-state index is -0.337. The summed E-state index contributed by atoms with van der Waals surface area (Å²) >= 11 is 0. The van der Waals surface area contributed by atoms with Gasteiger partial charge in [0, 0.05) is 38.4 Å². The van der Waals surface area contributed by atoms with Crippen LogP contribution in [0.3, 0.4) is 0 Å². The van der Waals surface area contributed by atoms with Crippen LogP contribution in [-0.4, -0.2) is 72.6 Å². The van der Waals surface area contributed by atoms with E-state index in [1.165, 1.54) is 17.7 Å². The molecule has 1 aliphatic rings. The SMILES string of the molecule is CCc1ccc(NC(=O)N(CCN2CCOCC2)CC(=O)N(Cc2ccc(F)cc2)Cc2ccc(C)o2)cc1. The topological polar surface area (TPSA) is 78.3 Å². The summed E-state index contributed by atoms with van der Waals surface area (Å²) in [5.41, 5.74) is 2.64. The molecule has 1 aromatic heterocycles. The predicted octanol–water partition coefficient (Wildman–Crippen LogP) is 4.68. The van der Waals surface area contributed by atoms with E-state index >= 15 is 0 Å². The minimum absolute atomic E-state index is 0.107. The van der Waals surface area contributed by atoms with Gasteiger partial charge in [-0.15, -0.1) is 0 Å². The van der Waals surface area contributed by atoms with Crippen molar-refractivity contribution in [3.8, 4) is 0 Å². The molecule has 3 aromatic rings. The first-order chi connectivity index (χ1) is 18.9. The van der Waals surface area contributed by atoms with Crippen molar-refractivity contribution in [2.75, 3.05) is 51.3 Å². The zero-order chi connectivity index (χ0) is 27.6. The number of carbonyl (C=O) groups is 2. The van der Waals surface area contributed by atoms with E-state index in [9.17, 15) is 14.0 Å². The van der Waals surface area contributed by atoms with E-state index in [0.717, 1.165) is 30.8 Å². The van der Waals surface area contributed by atoms with Gasteiger partial charge in [0.05, 0.1) is 19.8 Å². The van der Waals surface area contributed by atoms with Crippen molar-refractivity contribution in [3.63, 3.8) is 0 Å². The maximum Gasteiger partial charge on any atom is 0.322 e. The van der Waals surface area contributed by atoms with Crippen molar-refractivity contribution in [2.24, 2.45) is 0 Å². The molecule has 2 heterocycles. The molecule has 0 saturated carbocycles. The molecule has 0 spiro atoms. The predicted molar refractivity (Wildman–Crippen MR) is 148 cm³/mol. The number of anilines is 1. The Balaban J connectivity index is 1.49. The molecule has 208 valence electrons. The highest BCUT2D eigenvalue weighted by Crippen LogP contribution is 2.16. The monoisotopic (exact) mass is 536 g/mol. The number of morpholine rings is 1. The highest BCUT2D eigenvalue weighted by Gasteiger charge is 2.24. The average Bonchev–Trinajstić information content (AvgIpc) is 3.37. The van der Waals surface area contributed by atoms with Crippen molar-refractivity contribution in [3.05, 3.63) is 89.1 Å². The molecule has 1 aliphatic heterocycles. The van der Waals surface area contributed by atoms with Crippen molar-refractivity contribution in [1.82, 2.24) is 14.7 Å². The summed E-state index contributed by atoms with van der Waals surface area (Å²) in [5, 5.41) is 2.95. The number of benzene rings is 2. The van der Waals surface area contributed by atoms with Gasteiger partial charge in [-0.25, -0.2) is 9.18 Å². The normalized spacial score (nSPS) is 13.7. The second kappa shape index (κ2) is 13.9. The Kier molecular flexibility index (Phi) is 10.1. The lowest BCUT2D eigenvalue weighted by molar-refractivity contribution is -0.133. The third kappa shape index (κ3) is 8.66. The smallest absolute Gasteiger partial charge is 0.322 e. The van der Waals surface area contributed by atoms with E-state index in [2.05, 4.69) is 17.1 Å². The lowest BCUT2D eigenvalue weighted by Crippen LogP contribution is -2.48. The highest BCUT2D eigenvalue weighted by molar-refractivity contribution is 5.92. The molecule has 0 bridgehead atoms. The number of ether oxygens (including phenoxy) is 1. The molecule has 9 heteroatoms. The Hall–Kier alpha value is -3.69. The number of furan rings is 1. The number of urea groups is 1. The Morgan fingerprint density at radius 3 is 2.26 bits per heavy atom. The van der Waals surface area contributed by atoms with Crippen LogP contribution in [0.15, 0.2) is 65.1 Å². The highest BCUT2D eigenvalue weighted by atomic mass is 19.1. The van der Waals surface area contributed by atoms with Crippen LogP contribution in [0.1, 0.15) is 29.6 Å². The summed E-state index contributed by atoms with van der Waals surface area (Å²) in [7, 11) is 0. The van der Waals surface area contributed by atoms with Crippen LogP contribution in [0.25, 0.3) is 0 Å². The van der Waals surface area contributed by atoms with Gasteiger partial charge >= 0.3 is 6.03 Å². The third-order valence-electron chi connectivity index (χ3n) is 6.80. The van der Waals surface area contributed by atoms with E-state index in [1.807, 2.05) is 43.3 Å². The van der Waals surface area contributed by atoms with Crippen LogP contribution in [0.4, 0.5) is 14.9 Å². The molecule has 39 heavy (non-hydrogen) atoms. The van der Waals surface area contributed by atoms with Crippen LogP contribution in [0, 0.1) is 12.7 Å². The van der Waals surface area contributed by atoms with Gasteiger partial charge in [-0.05, 0) is 60.9 Å². The first kappa shape index (κ1) is 28.3. The maximum absolute atomic E-state index is 13.7.